The molecule has 0 radical (unpaired) electrons. The van der Waals surface area contributed by atoms with Crippen LogP contribution in [0.15, 0.2) is 34.5 Å². The first-order chi connectivity index (χ1) is 16.1. The number of hydrogen-bond acceptors (Lipinski definition) is 8. The molecule has 0 saturated heterocycles. The van der Waals surface area contributed by atoms with Gasteiger partial charge in [-0.25, -0.2) is 5.43 Å². The molecule has 14 heteroatoms. The molecule has 0 unspecified atom stereocenters. The first kappa shape index (κ1) is 25.1. The number of benzene rings is 1. The standard InChI is InChI=1S/C20H22F3N7O3S/c1-4-30-18(13-9-16(20(21,22)23)28-29(13)3)26-27-19(30)34-11-17(32)25-24-10-12-6-7-14(31)15(8-12)33-5-2/h6-10,31H,4-5,11H2,1-3H3,(H,25,32)/b24-10-. The molecule has 10 nitrogen and oxygen atoms in total. The highest BCUT2D eigenvalue weighted by Gasteiger charge is 2.35. The number of nitrogens with one attached hydrogen (secondary N) is 1. The van der Waals surface area contributed by atoms with Crippen molar-refractivity contribution in [3.8, 4) is 23.0 Å². The molecule has 2 aromatic heterocycles. The summed E-state index contributed by atoms with van der Waals surface area (Å²) in [4.78, 5) is 12.2. The number of aromatic hydroxyl groups is 1. The Balaban J connectivity index is 1.64. The molecule has 34 heavy (non-hydrogen) atoms. The normalized spacial score (nSPS) is 11.8. The third kappa shape index (κ3) is 5.87. The van der Waals surface area contributed by atoms with Gasteiger partial charge in [0.2, 0.25) is 0 Å². The molecule has 1 amide bonds. The van der Waals surface area contributed by atoms with E-state index in [4.69, 9.17) is 4.74 Å². The van der Waals surface area contributed by atoms with Gasteiger partial charge < -0.3 is 14.4 Å². The van der Waals surface area contributed by atoms with Crippen LogP contribution in [-0.4, -0.2) is 54.1 Å². The number of phenols is 1. The number of halogens is 3. The number of amides is 1. The summed E-state index contributed by atoms with van der Waals surface area (Å²) < 4.78 is 46.9. The highest BCUT2D eigenvalue weighted by Crippen LogP contribution is 2.32. The van der Waals surface area contributed by atoms with Crippen LogP contribution in [0.5, 0.6) is 11.5 Å². The van der Waals surface area contributed by atoms with Gasteiger partial charge in [0, 0.05) is 13.6 Å². The quantitative estimate of drug-likeness (QED) is 0.265. The minimum atomic E-state index is -4.58. The van der Waals surface area contributed by atoms with E-state index in [2.05, 4.69) is 25.8 Å². The predicted octanol–water partition coefficient (Wildman–Crippen LogP) is 3.06. The van der Waals surface area contributed by atoms with Crippen molar-refractivity contribution in [2.45, 2.75) is 31.7 Å². The molecule has 0 bridgehead atoms. The molecule has 0 atom stereocenters. The van der Waals surface area contributed by atoms with Gasteiger partial charge in [-0.05, 0) is 43.7 Å². The Morgan fingerprint density at radius 2 is 2.06 bits per heavy atom. The summed E-state index contributed by atoms with van der Waals surface area (Å²) in [6, 6.07) is 5.55. The van der Waals surface area contributed by atoms with Crippen molar-refractivity contribution in [3.63, 3.8) is 0 Å². The smallest absolute Gasteiger partial charge is 0.435 e. The second kappa shape index (κ2) is 10.6. The number of nitrogens with zero attached hydrogens (tertiary/aromatic N) is 6. The fourth-order valence-corrected chi connectivity index (χ4v) is 3.70. The molecule has 2 N–H and O–H groups in total. The number of hydrazone groups is 1. The van der Waals surface area contributed by atoms with Gasteiger partial charge in [-0.2, -0.15) is 23.4 Å². The molecule has 0 spiro atoms. The minimum Gasteiger partial charge on any atom is -0.504 e. The summed E-state index contributed by atoms with van der Waals surface area (Å²) in [5.74, 6) is 0.0518. The van der Waals surface area contributed by atoms with Crippen molar-refractivity contribution < 1.29 is 27.8 Å². The van der Waals surface area contributed by atoms with Crippen molar-refractivity contribution in [1.82, 2.24) is 30.0 Å². The van der Waals surface area contributed by atoms with Crippen molar-refractivity contribution >= 4 is 23.9 Å². The zero-order valence-electron chi connectivity index (χ0n) is 18.5. The molecular formula is C20H22F3N7O3S. The van der Waals surface area contributed by atoms with Gasteiger partial charge in [-0.3, -0.25) is 9.48 Å². The molecule has 0 saturated carbocycles. The van der Waals surface area contributed by atoms with Crippen molar-refractivity contribution in [1.29, 1.82) is 0 Å². The molecule has 0 fully saturated rings. The molecule has 2 heterocycles. The van der Waals surface area contributed by atoms with Crippen LogP contribution < -0.4 is 10.2 Å². The average Bonchev–Trinajstić information content (AvgIpc) is 3.37. The number of ether oxygens (including phenoxy) is 1. The monoisotopic (exact) mass is 497 g/mol. The summed E-state index contributed by atoms with van der Waals surface area (Å²) in [5.41, 5.74) is 2.12. The van der Waals surface area contributed by atoms with E-state index in [1.807, 2.05) is 0 Å². The van der Waals surface area contributed by atoms with E-state index in [0.29, 0.717) is 29.6 Å². The van der Waals surface area contributed by atoms with Gasteiger partial charge in [-0.1, -0.05) is 11.8 Å². The lowest BCUT2D eigenvalue weighted by Crippen LogP contribution is -2.20. The van der Waals surface area contributed by atoms with Crippen LogP contribution in [0.1, 0.15) is 25.1 Å². The minimum absolute atomic E-state index is 0.000376. The lowest BCUT2D eigenvalue weighted by atomic mass is 10.2. The zero-order valence-corrected chi connectivity index (χ0v) is 19.3. The number of aryl methyl sites for hydroxylation is 1. The molecule has 3 aromatic rings. The van der Waals surface area contributed by atoms with E-state index in [-0.39, 0.29) is 23.0 Å². The first-order valence-electron chi connectivity index (χ1n) is 10.1. The van der Waals surface area contributed by atoms with Gasteiger partial charge >= 0.3 is 6.18 Å². The highest BCUT2D eigenvalue weighted by molar-refractivity contribution is 7.99. The van der Waals surface area contributed by atoms with Gasteiger partial charge in [-0.15, -0.1) is 10.2 Å². The average molecular weight is 498 g/mol. The number of carbonyl (C=O) groups is 1. The maximum Gasteiger partial charge on any atom is 0.435 e. The van der Waals surface area contributed by atoms with Crippen LogP contribution in [0, 0.1) is 0 Å². The second-order valence-electron chi connectivity index (χ2n) is 6.83. The zero-order chi connectivity index (χ0) is 24.9. The molecule has 0 aliphatic rings. The molecule has 0 aliphatic carbocycles. The lowest BCUT2D eigenvalue weighted by molar-refractivity contribution is -0.141. The second-order valence-corrected chi connectivity index (χ2v) is 7.77. The molecule has 0 aliphatic heterocycles. The van der Waals surface area contributed by atoms with E-state index < -0.39 is 17.8 Å². The SMILES string of the molecule is CCOc1cc(/C=N\NC(=O)CSc2nnc(-c3cc(C(F)(F)F)nn3C)n2CC)ccc1O. The summed E-state index contributed by atoms with van der Waals surface area (Å²) >= 11 is 1.07. The Kier molecular flexibility index (Phi) is 7.81. The molecule has 182 valence electrons. The van der Waals surface area contributed by atoms with Crippen molar-refractivity contribution in [3.05, 3.63) is 35.5 Å². The summed E-state index contributed by atoms with van der Waals surface area (Å²) in [6.45, 7) is 4.34. The number of hydrogen-bond donors (Lipinski definition) is 2. The molecule has 1 aromatic carbocycles. The number of phenolic OH excluding ortho intramolecular Hbond substituents is 1. The Morgan fingerprint density at radius 1 is 1.29 bits per heavy atom. The van der Waals surface area contributed by atoms with Crippen LogP contribution in [-0.2, 0) is 24.6 Å². The van der Waals surface area contributed by atoms with E-state index in [1.165, 1.54) is 19.3 Å². The Morgan fingerprint density at radius 3 is 2.71 bits per heavy atom. The maximum absolute atomic E-state index is 13.0. The number of thioether (sulfide) groups is 1. The van der Waals surface area contributed by atoms with Crippen LogP contribution in [0.2, 0.25) is 0 Å². The Labute approximate surface area is 196 Å². The summed E-state index contributed by atoms with van der Waals surface area (Å²) in [5, 5.41) is 25.5. The van der Waals surface area contributed by atoms with Crippen molar-refractivity contribution in [2.75, 3.05) is 12.4 Å². The number of aromatic nitrogens is 5. The summed E-state index contributed by atoms with van der Waals surface area (Å²) in [7, 11) is 1.39. The topological polar surface area (TPSA) is 119 Å². The number of alkyl halides is 3. The van der Waals surface area contributed by atoms with E-state index >= 15 is 0 Å². The Bertz CT molecular complexity index is 1190. The number of carbonyl (C=O) groups excluding carboxylic acids is 1. The van der Waals surface area contributed by atoms with Crippen molar-refractivity contribution in [2.24, 2.45) is 12.1 Å². The van der Waals surface area contributed by atoms with Crippen LogP contribution >= 0.6 is 11.8 Å². The predicted molar refractivity (Wildman–Crippen MR) is 119 cm³/mol. The molecular weight excluding hydrogens is 475 g/mol. The van der Waals surface area contributed by atoms with Gasteiger partial charge in [0.05, 0.1) is 18.6 Å². The van der Waals surface area contributed by atoms with Gasteiger partial charge in [0.15, 0.2) is 28.2 Å². The van der Waals surface area contributed by atoms with Crippen LogP contribution in [0.25, 0.3) is 11.5 Å². The van der Waals surface area contributed by atoms with Gasteiger partial charge in [0.25, 0.3) is 5.91 Å². The fraction of sp³-hybridized carbons (Fsp3) is 0.350. The Hall–Kier alpha value is -3.55. The first-order valence-corrected chi connectivity index (χ1v) is 11.1. The number of rotatable bonds is 9. The van der Waals surface area contributed by atoms with Crippen LogP contribution in [0.4, 0.5) is 13.2 Å². The third-order valence-electron chi connectivity index (χ3n) is 4.45. The largest absolute Gasteiger partial charge is 0.504 e. The molecule has 3 rings (SSSR count). The summed E-state index contributed by atoms with van der Waals surface area (Å²) in [6.07, 6.45) is -3.17. The van der Waals surface area contributed by atoms with Gasteiger partial charge in [0.1, 0.15) is 5.69 Å². The lowest BCUT2D eigenvalue weighted by Gasteiger charge is -2.07. The third-order valence-corrected chi connectivity index (χ3v) is 5.42. The van der Waals surface area contributed by atoms with E-state index in [0.717, 1.165) is 22.5 Å². The fourth-order valence-electron chi connectivity index (χ4n) is 2.91. The highest BCUT2D eigenvalue weighted by atomic mass is 32.2. The van der Waals surface area contributed by atoms with E-state index in [9.17, 15) is 23.1 Å². The van der Waals surface area contributed by atoms with E-state index in [1.54, 1.807) is 30.5 Å². The maximum atomic E-state index is 13.0. The van der Waals surface area contributed by atoms with Crippen LogP contribution in [0.3, 0.4) is 0 Å².